The van der Waals surface area contributed by atoms with Gasteiger partial charge in [-0.25, -0.2) is 0 Å². The van der Waals surface area contributed by atoms with E-state index in [1.54, 1.807) is 27.7 Å². The highest BCUT2D eigenvalue weighted by molar-refractivity contribution is 5.73. The van der Waals surface area contributed by atoms with Gasteiger partial charge in [0.1, 0.15) is 23.0 Å². The lowest BCUT2D eigenvalue weighted by molar-refractivity contribution is -0.148. The maximum Gasteiger partial charge on any atom is 0.309 e. The van der Waals surface area contributed by atoms with Gasteiger partial charge >= 0.3 is 11.9 Å². The minimum Gasteiger partial charge on any atom is -0.481 e. The highest BCUT2D eigenvalue weighted by Crippen LogP contribution is 2.52. The van der Waals surface area contributed by atoms with Crippen LogP contribution in [-0.4, -0.2) is 22.2 Å². The Labute approximate surface area is 189 Å². The van der Waals surface area contributed by atoms with E-state index in [1.165, 1.54) is 11.1 Å². The molecule has 2 N–H and O–H groups in total. The Morgan fingerprint density at radius 3 is 1.78 bits per heavy atom. The van der Waals surface area contributed by atoms with Crippen LogP contribution in [0.3, 0.4) is 0 Å². The van der Waals surface area contributed by atoms with Gasteiger partial charge in [-0.15, -0.1) is 0 Å². The van der Waals surface area contributed by atoms with Crippen molar-refractivity contribution < 1.29 is 29.3 Å². The van der Waals surface area contributed by atoms with E-state index in [2.05, 4.69) is 12.2 Å². The zero-order chi connectivity index (χ0) is 23.3. The molecule has 6 nitrogen and oxygen atoms in total. The number of rotatable bonds is 13. The summed E-state index contributed by atoms with van der Waals surface area (Å²) in [5.41, 5.74) is 1.23. The lowest BCUT2D eigenvalue weighted by Gasteiger charge is -2.26. The topological polar surface area (TPSA) is 93.1 Å². The van der Waals surface area contributed by atoms with Crippen molar-refractivity contribution in [1.29, 1.82) is 0 Å². The maximum absolute atomic E-state index is 11.3. The van der Waals surface area contributed by atoms with E-state index >= 15 is 0 Å². The van der Waals surface area contributed by atoms with Crippen LogP contribution in [0.4, 0.5) is 0 Å². The molecule has 2 unspecified atom stereocenters. The number of carbonyl (C=O) groups is 2. The lowest BCUT2D eigenvalue weighted by atomic mass is 9.85. The van der Waals surface area contributed by atoms with Crippen LogP contribution >= 0.6 is 0 Å². The monoisotopic (exact) mass is 442 g/mol. The van der Waals surface area contributed by atoms with Crippen LogP contribution < -0.4 is 0 Å². The van der Waals surface area contributed by atoms with E-state index < -0.39 is 22.8 Å². The van der Waals surface area contributed by atoms with Crippen molar-refractivity contribution in [2.24, 2.45) is 22.7 Å². The second kappa shape index (κ2) is 8.13. The van der Waals surface area contributed by atoms with Gasteiger partial charge in [0.15, 0.2) is 0 Å². The summed E-state index contributed by atoms with van der Waals surface area (Å²) >= 11 is 0. The Kier molecular flexibility index (Phi) is 5.76. The summed E-state index contributed by atoms with van der Waals surface area (Å²) in [4.78, 5) is 22.6. The van der Waals surface area contributed by atoms with Gasteiger partial charge in [0.2, 0.25) is 0 Å². The molecular weight excluding hydrogens is 408 g/mol. The standard InChI is InChI=1S/C26H34O6/c1-25(2,23(27)28)11-5-7-15-13-20-18(21(15)32-20)10-9-16-14-19-17(22(16)31-19)8-6-12-26(3,4)24(29)30/h13-16H,5-12H2,1-4H3,(H,27,28)(H,29,30). The van der Waals surface area contributed by atoms with Crippen molar-refractivity contribution in [2.75, 3.05) is 0 Å². The van der Waals surface area contributed by atoms with Gasteiger partial charge in [0, 0.05) is 23.0 Å². The first kappa shape index (κ1) is 22.7. The molecular formula is C26H34O6. The van der Waals surface area contributed by atoms with Crippen molar-refractivity contribution in [3.8, 4) is 0 Å². The van der Waals surface area contributed by atoms with Crippen LogP contribution in [0.15, 0.2) is 46.3 Å². The quantitative estimate of drug-likeness (QED) is 0.367. The molecule has 0 amide bonds. The minimum atomic E-state index is -0.745. The summed E-state index contributed by atoms with van der Waals surface area (Å²) in [7, 11) is 0. The number of hydrogen-bond donors (Lipinski definition) is 2. The summed E-state index contributed by atoms with van der Waals surface area (Å²) in [5.74, 6) is 3.27. The van der Waals surface area contributed by atoms with Gasteiger partial charge in [-0.05, 0) is 84.8 Å². The molecule has 0 aromatic heterocycles. The maximum atomic E-state index is 11.3. The van der Waals surface area contributed by atoms with Crippen LogP contribution in [0.1, 0.15) is 79.1 Å². The molecule has 6 aliphatic rings. The number of aliphatic carboxylic acids is 2. The number of carboxylic acid groups (broad SMARTS) is 2. The third kappa shape index (κ3) is 4.12. The van der Waals surface area contributed by atoms with Gasteiger partial charge in [0.25, 0.3) is 0 Å². The normalized spacial score (nSPS) is 23.2. The molecule has 2 aliphatic carbocycles. The Morgan fingerprint density at radius 1 is 0.781 bits per heavy atom. The number of carboxylic acids is 2. The van der Waals surface area contributed by atoms with E-state index in [-0.39, 0.29) is 0 Å². The fraction of sp³-hybridized carbons (Fsp3) is 0.615. The fourth-order valence-electron chi connectivity index (χ4n) is 4.92. The number of fused-ring (bicyclic) bond motifs is 2. The van der Waals surface area contributed by atoms with E-state index in [1.807, 2.05) is 0 Å². The van der Waals surface area contributed by atoms with Crippen molar-refractivity contribution in [3.05, 3.63) is 46.3 Å². The first-order valence-electron chi connectivity index (χ1n) is 11.7. The zero-order valence-corrected chi connectivity index (χ0v) is 19.5. The average molecular weight is 443 g/mol. The predicted molar refractivity (Wildman–Crippen MR) is 119 cm³/mol. The molecule has 4 bridgehead atoms. The zero-order valence-electron chi connectivity index (χ0n) is 19.5. The Balaban J connectivity index is 1.23. The Hall–Kier alpha value is -2.50. The molecule has 6 rings (SSSR count). The van der Waals surface area contributed by atoms with Crippen LogP contribution in [0.25, 0.3) is 0 Å². The molecule has 4 heterocycles. The van der Waals surface area contributed by atoms with E-state index in [9.17, 15) is 19.8 Å². The largest absolute Gasteiger partial charge is 0.481 e. The number of ether oxygens (including phenoxy) is 2. The molecule has 0 fully saturated rings. The first-order chi connectivity index (χ1) is 15.0. The van der Waals surface area contributed by atoms with Crippen LogP contribution in [0.5, 0.6) is 0 Å². The molecule has 6 heteroatoms. The van der Waals surface area contributed by atoms with Crippen molar-refractivity contribution in [1.82, 2.24) is 0 Å². The van der Waals surface area contributed by atoms with Gasteiger partial charge in [-0.2, -0.15) is 0 Å². The van der Waals surface area contributed by atoms with E-state index in [4.69, 9.17) is 9.47 Å². The van der Waals surface area contributed by atoms with Gasteiger partial charge in [-0.3, -0.25) is 9.59 Å². The summed E-state index contributed by atoms with van der Waals surface area (Å²) in [6, 6.07) is 0. The average Bonchev–Trinajstić information content (AvgIpc) is 3.43. The highest BCUT2D eigenvalue weighted by atomic mass is 16.5. The summed E-state index contributed by atoms with van der Waals surface area (Å²) in [5, 5.41) is 18.5. The second-order valence-electron chi connectivity index (χ2n) is 10.8. The highest BCUT2D eigenvalue weighted by Gasteiger charge is 2.42. The number of hydrogen-bond acceptors (Lipinski definition) is 4. The van der Waals surface area contributed by atoms with Gasteiger partial charge in [0.05, 0.1) is 10.8 Å². The van der Waals surface area contributed by atoms with Crippen LogP contribution in [0, 0.1) is 22.7 Å². The van der Waals surface area contributed by atoms with Gasteiger partial charge in [-0.1, -0.05) is 6.42 Å². The third-order valence-corrected chi connectivity index (χ3v) is 7.42. The molecule has 0 spiro atoms. The molecule has 2 atom stereocenters. The summed E-state index contributed by atoms with van der Waals surface area (Å²) in [6.07, 6.45) is 11.2. The van der Waals surface area contributed by atoms with Crippen molar-refractivity contribution in [2.45, 2.75) is 79.1 Å². The summed E-state index contributed by atoms with van der Waals surface area (Å²) in [6.45, 7) is 7.12. The Morgan fingerprint density at radius 2 is 1.25 bits per heavy atom. The van der Waals surface area contributed by atoms with Crippen LogP contribution in [-0.2, 0) is 19.1 Å². The van der Waals surface area contributed by atoms with Crippen molar-refractivity contribution >= 4 is 11.9 Å². The van der Waals surface area contributed by atoms with E-state index in [0.29, 0.717) is 24.7 Å². The van der Waals surface area contributed by atoms with E-state index in [0.717, 1.165) is 61.6 Å². The SMILES string of the molecule is CC(C)(CCCC1=C2OC1=CC2CCC1=C2OC1=CC2CCCC(C)(C)C(=O)O)C(=O)O. The fourth-order valence-corrected chi connectivity index (χ4v) is 4.92. The molecule has 4 aliphatic heterocycles. The smallest absolute Gasteiger partial charge is 0.309 e. The minimum absolute atomic E-state index is 0.295. The van der Waals surface area contributed by atoms with Gasteiger partial charge < -0.3 is 19.7 Å². The molecule has 174 valence electrons. The summed E-state index contributed by atoms with van der Waals surface area (Å²) < 4.78 is 11.6. The predicted octanol–water partition coefficient (Wildman–Crippen LogP) is 5.92. The number of allylic oxidation sites excluding steroid dienone is 4. The third-order valence-electron chi connectivity index (χ3n) is 7.42. The Bertz CT molecular complexity index is 959. The molecule has 0 radical (unpaired) electrons. The lowest BCUT2D eigenvalue weighted by Crippen LogP contribution is -2.23. The molecule has 0 saturated carbocycles. The molecule has 0 aromatic carbocycles. The second-order valence-corrected chi connectivity index (χ2v) is 10.8. The first-order valence-corrected chi connectivity index (χ1v) is 11.7. The molecule has 0 saturated heterocycles. The van der Waals surface area contributed by atoms with Crippen molar-refractivity contribution in [3.63, 3.8) is 0 Å². The van der Waals surface area contributed by atoms with Crippen LogP contribution in [0.2, 0.25) is 0 Å². The molecule has 32 heavy (non-hydrogen) atoms. The molecule has 0 aromatic rings.